The lowest BCUT2D eigenvalue weighted by molar-refractivity contribution is -0.137. The highest BCUT2D eigenvalue weighted by atomic mass is 32.2. The van der Waals surface area contributed by atoms with Crippen LogP contribution in [0.2, 0.25) is 0 Å². The monoisotopic (exact) mass is 436 g/mol. The number of para-hydroxylation sites is 1. The standard InChI is InChI=1S/C21H16N4O3S2/c26-18(27)8-11-24-20(28)17(30-21(24)29)12-15-13-25(16-4-2-1-3-5-16)23-19(15)14-6-9-22-10-7-14/h1-7,9-10,12-13H,8,11H2,(H,26,27). The number of aromatic nitrogens is 3. The number of thioether (sulfide) groups is 1. The van der Waals surface area contributed by atoms with Crippen LogP contribution in [-0.2, 0) is 9.59 Å². The minimum atomic E-state index is -0.975. The van der Waals surface area contributed by atoms with Gasteiger partial charge in [-0.05, 0) is 30.3 Å². The van der Waals surface area contributed by atoms with Crippen LogP contribution in [0.3, 0.4) is 0 Å². The molecule has 1 fully saturated rings. The van der Waals surface area contributed by atoms with E-state index in [1.807, 2.05) is 48.7 Å². The van der Waals surface area contributed by atoms with Gasteiger partial charge in [-0.15, -0.1) is 0 Å². The molecule has 1 aliphatic rings. The number of amides is 1. The number of hydrogen-bond donors (Lipinski definition) is 1. The molecule has 0 spiro atoms. The van der Waals surface area contributed by atoms with Crippen molar-refractivity contribution in [3.63, 3.8) is 0 Å². The molecular formula is C21H16N4O3S2. The molecule has 0 bridgehead atoms. The first-order valence-corrected chi connectivity index (χ1v) is 10.3. The van der Waals surface area contributed by atoms with Gasteiger partial charge in [-0.2, -0.15) is 5.10 Å². The first kappa shape index (κ1) is 20.0. The number of carboxylic acids is 1. The summed E-state index contributed by atoms with van der Waals surface area (Å²) in [6, 6.07) is 13.4. The lowest BCUT2D eigenvalue weighted by Crippen LogP contribution is -2.30. The Balaban J connectivity index is 1.73. The zero-order chi connectivity index (χ0) is 21.1. The highest BCUT2D eigenvalue weighted by Crippen LogP contribution is 2.34. The van der Waals surface area contributed by atoms with E-state index in [1.165, 1.54) is 4.90 Å². The molecule has 1 aromatic carbocycles. The van der Waals surface area contributed by atoms with Crippen molar-refractivity contribution in [3.8, 4) is 16.9 Å². The molecule has 0 atom stereocenters. The van der Waals surface area contributed by atoms with Crippen LogP contribution in [0, 0.1) is 0 Å². The molecule has 1 aliphatic heterocycles. The van der Waals surface area contributed by atoms with Crippen molar-refractivity contribution in [2.75, 3.05) is 6.54 Å². The summed E-state index contributed by atoms with van der Waals surface area (Å²) in [6.07, 6.45) is 6.82. The summed E-state index contributed by atoms with van der Waals surface area (Å²) in [5.41, 5.74) is 3.22. The van der Waals surface area contributed by atoms with Gasteiger partial charge < -0.3 is 5.11 Å². The predicted octanol–water partition coefficient (Wildman–Crippen LogP) is 3.61. The van der Waals surface area contributed by atoms with Gasteiger partial charge in [-0.3, -0.25) is 19.5 Å². The molecule has 1 saturated heterocycles. The Kier molecular flexibility index (Phi) is 5.73. The molecule has 30 heavy (non-hydrogen) atoms. The van der Waals surface area contributed by atoms with E-state index in [0.29, 0.717) is 14.9 Å². The number of pyridine rings is 1. The molecular weight excluding hydrogens is 420 g/mol. The van der Waals surface area contributed by atoms with Crippen molar-refractivity contribution in [1.29, 1.82) is 0 Å². The maximum atomic E-state index is 12.8. The minimum absolute atomic E-state index is 0.0534. The fourth-order valence-electron chi connectivity index (χ4n) is 2.98. The predicted molar refractivity (Wildman–Crippen MR) is 119 cm³/mol. The summed E-state index contributed by atoms with van der Waals surface area (Å²) in [6.45, 7) is 0.0534. The normalized spacial score (nSPS) is 15.2. The number of carboxylic acid groups (broad SMARTS) is 1. The van der Waals surface area contributed by atoms with E-state index >= 15 is 0 Å². The van der Waals surface area contributed by atoms with E-state index in [0.717, 1.165) is 28.6 Å². The van der Waals surface area contributed by atoms with E-state index in [9.17, 15) is 9.59 Å². The van der Waals surface area contributed by atoms with Gasteiger partial charge in [0, 0.05) is 36.3 Å². The summed E-state index contributed by atoms with van der Waals surface area (Å²) in [5, 5.41) is 13.6. The number of thiocarbonyl (C=S) groups is 1. The molecule has 3 heterocycles. The van der Waals surface area contributed by atoms with Gasteiger partial charge in [0.15, 0.2) is 0 Å². The van der Waals surface area contributed by atoms with E-state index in [-0.39, 0.29) is 18.9 Å². The highest BCUT2D eigenvalue weighted by molar-refractivity contribution is 8.26. The maximum absolute atomic E-state index is 12.8. The quantitative estimate of drug-likeness (QED) is 0.466. The molecule has 2 aromatic heterocycles. The zero-order valence-corrected chi connectivity index (χ0v) is 17.3. The smallest absolute Gasteiger partial charge is 0.305 e. The van der Waals surface area contributed by atoms with Crippen molar-refractivity contribution in [2.24, 2.45) is 0 Å². The van der Waals surface area contributed by atoms with Crippen LogP contribution in [0.15, 0.2) is 66.0 Å². The third kappa shape index (κ3) is 4.17. The molecule has 0 aliphatic carbocycles. The summed E-state index contributed by atoms with van der Waals surface area (Å²) < 4.78 is 2.11. The second-order valence-corrected chi connectivity index (χ2v) is 8.10. The van der Waals surface area contributed by atoms with Gasteiger partial charge in [-0.25, -0.2) is 4.68 Å². The van der Waals surface area contributed by atoms with Crippen LogP contribution >= 0.6 is 24.0 Å². The van der Waals surface area contributed by atoms with Crippen molar-refractivity contribution in [2.45, 2.75) is 6.42 Å². The Morgan fingerprint density at radius 1 is 1.17 bits per heavy atom. The Morgan fingerprint density at radius 2 is 1.90 bits per heavy atom. The van der Waals surface area contributed by atoms with Crippen LogP contribution in [0.25, 0.3) is 23.0 Å². The zero-order valence-electron chi connectivity index (χ0n) is 15.6. The Labute approximate surface area is 182 Å². The molecule has 7 nitrogen and oxygen atoms in total. The van der Waals surface area contributed by atoms with Crippen LogP contribution in [-0.4, -0.2) is 47.5 Å². The first-order chi connectivity index (χ1) is 14.5. The van der Waals surface area contributed by atoms with E-state index in [1.54, 1.807) is 23.2 Å². The second kappa shape index (κ2) is 8.60. The van der Waals surface area contributed by atoms with E-state index in [2.05, 4.69) is 4.98 Å². The number of aliphatic carboxylic acids is 1. The minimum Gasteiger partial charge on any atom is -0.481 e. The van der Waals surface area contributed by atoms with Crippen molar-refractivity contribution < 1.29 is 14.7 Å². The van der Waals surface area contributed by atoms with Gasteiger partial charge in [0.2, 0.25) is 0 Å². The van der Waals surface area contributed by atoms with Gasteiger partial charge in [0.25, 0.3) is 5.91 Å². The van der Waals surface area contributed by atoms with Crippen LogP contribution in [0.5, 0.6) is 0 Å². The topological polar surface area (TPSA) is 88.3 Å². The molecule has 0 radical (unpaired) electrons. The van der Waals surface area contributed by atoms with Gasteiger partial charge in [0.1, 0.15) is 10.0 Å². The fourth-order valence-corrected chi connectivity index (χ4v) is 4.28. The number of hydrogen-bond acceptors (Lipinski definition) is 6. The lowest BCUT2D eigenvalue weighted by Gasteiger charge is -2.12. The average Bonchev–Trinajstić information content (AvgIpc) is 3.29. The van der Waals surface area contributed by atoms with Crippen molar-refractivity contribution in [1.82, 2.24) is 19.7 Å². The van der Waals surface area contributed by atoms with Crippen LogP contribution in [0.4, 0.5) is 0 Å². The van der Waals surface area contributed by atoms with Crippen LogP contribution in [0.1, 0.15) is 12.0 Å². The van der Waals surface area contributed by atoms with Gasteiger partial charge >= 0.3 is 5.97 Å². The number of nitrogens with zero attached hydrogens (tertiary/aromatic N) is 4. The second-order valence-electron chi connectivity index (χ2n) is 6.43. The summed E-state index contributed by atoms with van der Waals surface area (Å²) in [5.74, 6) is -1.27. The first-order valence-electron chi connectivity index (χ1n) is 9.05. The molecule has 150 valence electrons. The SMILES string of the molecule is O=C(O)CCN1C(=O)C(=Cc2cn(-c3ccccc3)nc2-c2ccncc2)SC1=S. The largest absolute Gasteiger partial charge is 0.481 e. The number of benzene rings is 1. The molecule has 3 aromatic rings. The highest BCUT2D eigenvalue weighted by Gasteiger charge is 2.32. The number of carbonyl (C=O) groups is 2. The maximum Gasteiger partial charge on any atom is 0.305 e. The number of rotatable bonds is 6. The molecule has 0 saturated carbocycles. The molecule has 9 heteroatoms. The Morgan fingerprint density at radius 3 is 2.60 bits per heavy atom. The summed E-state index contributed by atoms with van der Waals surface area (Å²) in [7, 11) is 0. The van der Waals surface area contributed by atoms with E-state index in [4.69, 9.17) is 22.4 Å². The van der Waals surface area contributed by atoms with Crippen LogP contribution < -0.4 is 0 Å². The Hall–Kier alpha value is -3.30. The fraction of sp³-hybridized carbons (Fsp3) is 0.0952. The average molecular weight is 437 g/mol. The van der Waals surface area contributed by atoms with Gasteiger partial charge in [-0.1, -0.05) is 42.2 Å². The van der Waals surface area contributed by atoms with Crippen molar-refractivity contribution in [3.05, 3.63) is 71.5 Å². The van der Waals surface area contributed by atoms with Gasteiger partial charge in [0.05, 0.1) is 17.0 Å². The Bertz CT molecular complexity index is 1140. The number of carbonyl (C=O) groups excluding carboxylic acids is 1. The molecule has 4 rings (SSSR count). The molecule has 1 N–H and O–H groups in total. The summed E-state index contributed by atoms with van der Waals surface area (Å²) in [4.78, 5) is 29.5. The third-order valence-electron chi connectivity index (χ3n) is 4.43. The lowest BCUT2D eigenvalue weighted by atomic mass is 10.1. The van der Waals surface area contributed by atoms with E-state index < -0.39 is 5.97 Å². The molecule has 0 unspecified atom stereocenters. The third-order valence-corrected chi connectivity index (χ3v) is 5.80. The molecule has 1 amide bonds. The van der Waals surface area contributed by atoms with Crippen molar-refractivity contribution >= 4 is 46.3 Å². The summed E-state index contributed by atoms with van der Waals surface area (Å²) >= 11 is 6.44.